The normalized spacial score (nSPS) is 35.7. The molecule has 2 rings (SSSR count). The molecule has 1 aliphatic heterocycles. The minimum Gasteiger partial charge on any atom is -0.461 e. The van der Waals surface area contributed by atoms with Gasteiger partial charge < -0.3 is 4.74 Å². The van der Waals surface area contributed by atoms with Crippen LogP contribution in [0.3, 0.4) is 0 Å². The second kappa shape index (κ2) is 5.88. The third kappa shape index (κ3) is 3.34. The molecule has 3 atom stereocenters. The highest BCUT2D eigenvalue weighted by atomic mass is 32.1. The van der Waals surface area contributed by atoms with Gasteiger partial charge in [-0.25, -0.2) is 4.79 Å². The Kier molecular flexibility index (Phi) is 4.62. The van der Waals surface area contributed by atoms with Crippen LogP contribution in [0.2, 0.25) is 0 Å². The van der Waals surface area contributed by atoms with E-state index >= 15 is 0 Å². The molecule has 0 radical (unpaired) electrons. The molecule has 1 saturated heterocycles. The van der Waals surface area contributed by atoms with Crippen LogP contribution in [-0.2, 0) is 9.53 Å². The fraction of sp³-hybridized carbons (Fsp3) is 0.867. The van der Waals surface area contributed by atoms with Gasteiger partial charge in [0.2, 0.25) is 0 Å². The average Bonchev–Trinajstić information content (AvgIpc) is 2.75. The Balaban J connectivity index is 1.92. The van der Waals surface area contributed by atoms with Crippen LogP contribution < -0.4 is 5.32 Å². The molecule has 108 valence electrons. The van der Waals surface area contributed by atoms with Gasteiger partial charge in [0.25, 0.3) is 0 Å². The van der Waals surface area contributed by atoms with E-state index < -0.39 is 0 Å². The van der Waals surface area contributed by atoms with Gasteiger partial charge in [0.15, 0.2) is 0 Å². The first-order valence-corrected chi connectivity index (χ1v) is 7.80. The predicted molar refractivity (Wildman–Crippen MR) is 80.3 cm³/mol. The second-order valence-electron chi connectivity index (χ2n) is 6.57. The van der Waals surface area contributed by atoms with Crippen LogP contribution in [0.5, 0.6) is 0 Å². The molecule has 2 aliphatic rings. The Morgan fingerprint density at radius 3 is 2.84 bits per heavy atom. The smallest absolute Gasteiger partial charge is 0.328 e. The minimum absolute atomic E-state index is 0.0684. The van der Waals surface area contributed by atoms with Crippen molar-refractivity contribution in [2.45, 2.75) is 65.0 Å². The van der Waals surface area contributed by atoms with Crippen molar-refractivity contribution in [2.24, 2.45) is 11.3 Å². The highest BCUT2D eigenvalue weighted by molar-refractivity contribution is 7.80. The molecular weight excluding hydrogens is 258 g/mol. The molecule has 2 unspecified atom stereocenters. The topological polar surface area (TPSA) is 38.3 Å². The summed E-state index contributed by atoms with van der Waals surface area (Å²) in [5, 5.41) is 3.12. The number of ether oxygens (including phenoxy) is 1. The lowest BCUT2D eigenvalue weighted by Gasteiger charge is -2.41. The summed E-state index contributed by atoms with van der Waals surface area (Å²) in [4.78, 5) is 12.9. The molecule has 4 heteroatoms. The summed E-state index contributed by atoms with van der Waals surface area (Å²) in [5.74, 6) is 0.459. The van der Waals surface area contributed by atoms with E-state index in [1.807, 2.05) is 0 Å². The third-order valence-electron chi connectivity index (χ3n) is 4.92. The first kappa shape index (κ1) is 14.9. The van der Waals surface area contributed by atoms with Crippen LogP contribution in [-0.4, -0.2) is 29.5 Å². The molecule has 0 amide bonds. The first-order chi connectivity index (χ1) is 8.92. The summed E-state index contributed by atoms with van der Waals surface area (Å²) in [6, 6.07) is -0.345. The minimum atomic E-state index is -0.345. The van der Waals surface area contributed by atoms with Gasteiger partial charge in [-0.3, -0.25) is 5.32 Å². The number of carbonyl (C=O) groups is 1. The molecule has 1 N–H and O–H groups in total. The Hall–Kier alpha value is -0.480. The van der Waals surface area contributed by atoms with E-state index in [-0.39, 0.29) is 18.1 Å². The van der Waals surface area contributed by atoms with Crippen LogP contribution in [0.15, 0.2) is 0 Å². The van der Waals surface area contributed by atoms with Gasteiger partial charge in [-0.1, -0.05) is 33.0 Å². The van der Waals surface area contributed by atoms with Crippen molar-refractivity contribution in [3.8, 4) is 0 Å². The maximum absolute atomic E-state index is 12.1. The number of rotatable bonds is 3. The standard InChI is InChI=1S/C15H25NO2S/c1-10(2)15(3)7-4-5-11(9-15)18-14(17)13-12(19)6-8-16-13/h10-11,13,16H,4-9H2,1-3H3/t11-,13?,15?/m1/s1. The summed E-state index contributed by atoms with van der Waals surface area (Å²) in [5.41, 5.74) is 0.298. The average molecular weight is 283 g/mol. The van der Waals surface area contributed by atoms with Gasteiger partial charge in [0.1, 0.15) is 12.1 Å². The molecule has 3 nitrogen and oxygen atoms in total. The van der Waals surface area contributed by atoms with E-state index in [1.165, 1.54) is 6.42 Å². The zero-order chi connectivity index (χ0) is 14.0. The molecule has 0 aromatic heterocycles. The summed E-state index contributed by atoms with van der Waals surface area (Å²) in [7, 11) is 0. The van der Waals surface area contributed by atoms with Gasteiger partial charge >= 0.3 is 5.97 Å². The molecule has 0 aromatic rings. The molecule has 1 saturated carbocycles. The molecule has 1 aliphatic carbocycles. The number of esters is 1. The number of hydrogen-bond donors (Lipinski definition) is 1. The lowest BCUT2D eigenvalue weighted by molar-refractivity contribution is -0.153. The second-order valence-corrected chi connectivity index (χ2v) is 7.09. The summed E-state index contributed by atoms with van der Waals surface area (Å²) < 4.78 is 5.70. The van der Waals surface area contributed by atoms with Gasteiger partial charge in [-0.15, -0.1) is 0 Å². The SMILES string of the molecule is CC(C)C1(C)CCC[C@@H](OC(=O)C2NCCC2=S)C1. The van der Waals surface area contributed by atoms with Crippen molar-refractivity contribution in [3.63, 3.8) is 0 Å². The molecule has 2 fully saturated rings. The number of thiocarbonyl (C=S) groups is 1. The molecular formula is C15H25NO2S. The zero-order valence-corrected chi connectivity index (χ0v) is 13.0. The van der Waals surface area contributed by atoms with E-state index in [4.69, 9.17) is 17.0 Å². The van der Waals surface area contributed by atoms with Crippen molar-refractivity contribution in [1.82, 2.24) is 5.32 Å². The summed E-state index contributed by atoms with van der Waals surface area (Å²) in [6.45, 7) is 7.64. The Labute approximate surface area is 121 Å². The zero-order valence-electron chi connectivity index (χ0n) is 12.2. The lowest BCUT2D eigenvalue weighted by Crippen LogP contribution is -2.41. The van der Waals surface area contributed by atoms with Gasteiger partial charge in [-0.2, -0.15) is 0 Å². The fourth-order valence-corrected chi connectivity index (χ4v) is 3.41. The van der Waals surface area contributed by atoms with Crippen molar-refractivity contribution < 1.29 is 9.53 Å². The molecule has 0 spiro atoms. The summed E-state index contributed by atoms with van der Waals surface area (Å²) in [6.07, 6.45) is 5.24. The quantitative estimate of drug-likeness (QED) is 0.638. The number of carbonyl (C=O) groups excluding carboxylic acids is 1. The van der Waals surface area contributed by atoms with Crippen LogP contribution in [0.4, 0.5) is 0 Å². The molecule has 0 aromatic carbocycles. The van der Waals surface area contributed by atoms with Crippen LogP contribution in [0.25, 0.3) is 0 Å². The van der Waals surface area contributed by atoms with Crippen LogP contribution >= 0.6 is 12.2 Å². The van der Waals surface area contributed by atoms with E-state index in [2.05, 4.69) is 26.1 Å². The lowest BCUT2D eigenvalue weighted by atomic mass is 9.67. The van der Waals surface area contributed by atoms with E-state index in [0.717, 1.165) is 37.1 Å². The third-order valence-corrected chi connectivity index (χ3v) is 5.36. The summed E-state index contributed by atoms with van der Waals surface area (Å²) >= 11 is 5.21. The van der Waals surface area contributed by atoms with Crippen molar-refractivity contribution in [3.05, 3.63) is 0 Å². The maximum atomic E-state index is 12.1. The van der Waals surface area contributed by atoms with Crippen LogP contribution in [0.1, 0.15) is 52.9 Å². The first-order valence-electron chi connectivity index (χ1n) is 7.39. The largest absolute Gasteiger partial charge is 0.461 e. The molecule has 19 heavy (non-hydrogen) atoms. The van der Waals surface area contributed by atoms with E-state index in [0.29, 0.717) is 11.3 Å². The van der Waals surface area contributed by atoms with E-state index in [9.17, 15) is 4.79 Å². The molecule has 0 bridgehead atoms. The Morgan fingerprint density at radius 2 is 2.26 bits per heavy atom. The highest BCUT2D eigenvalue weighted by Gasteiger charge is 2.38. The predicted octanol–water partition coefficient (Wildman–Crippen LogP) is 2.87. The van der Waals surface area contributed by atoms with Gasteiger partial charge in [-0.05, 0) is 43.4 Å². The van der Waals surface area contributed by atoms with Crippen LogP contribution in [0, 0.1) is 11.3 Å². The monoisotopic (exact) mass is 283 g/mol. The van der Waals surface area contributed by atoms with Crippen molar-refractivity contribution in [1.29, 1.82) is 0 Å². The fourth-order valence-electron chi connectivity index (χ4n) is 3.13. The maximum Gasteiger partial charge on any atom is 0.328 e. The van der Waals surface area contributed by atoms with Gasteiger partial charge in [0, 0.05) is 11.4 Å². The van der Waals surface area contributed by atoms with Crippen molar-refractivity contribution >= 4 is 23.1 Å². The molecule has 1 heterocycles. The highest BCUT2D eigenvalue weighted by Crippen LogP contribution is 2.42. The Bertz CT molecular complexity index is 369. The number of hydrogen-bond acceptors (Lipinski definition) is 4. The van der Waals surface area contributed by atoms with Gasteiger partial charge in [0.05, 0.1) is 0 Å². The Morgan fingerprint density at radius 1 is 1.53 bits per heavy atom. The van der Waals surface area contributed by atoms with Crippen molar-refractivity contribution in [2.75, 3.05) is 6.54 Å². The number of nitrogens with one attached hydrogen (secondary N) is 1. The van der Waals surface area contributed by atoms with E-state index in [1.54, 1.807) is 0 Å².